The number of nitrogens with two attached hydrogens (primary N) is 1. The van der Waals surface area contributed by atoms with Gasteiger partial charge in [-0.05, 0) is 48.9 Å². The van der Waals surface area contributed by atoms with Gasteiger partial charge >= 0.3 is 0 Å². The van der Waals surface area contributed by atoms with Crippen LogP contribution in [0.15, 0.2) is 48.5 Å². The number of amides is 1. The summed E-state index contributed by atoms with van der Waals surface area (Å²) in [5, 5.41) is 2.85. The molecule has 0 fully saturated rings. The molecule has 0 heterocycles. The van der Waals surface area contributed by atoms with E-state index in [0.29, 0.717) is 12.2 Å². The number of hydrogen-bond donors (Lipinski definition) is 2. The van der Waals surface area contributed by atoms with Crippen LogP contribution in [-0.4, -0.2) is 19.5 Å². The van der Waals surface area contributed by atoms with Crippen molar-refractivity contribution in [3.05, 3.63) is 54.1 Å². The highest BCUT2D eigenvalue weighted by Gasteiger charge is 2.07. The highest BCUT2D eigenvalue weighted by Crippen LogP contribution is 2.14. The van der Waals surface area contributed by atoms with Crippen LogP contribution in [0.3, 0.4) is 0 Å². The minimum absolute atomic E-state index is 0.0567. The van der Waals surface area contributed by atoms with Crippen LogP contribution in [0.2, 0.25) is 0 Å². The smallest absolute Gasteiger partial charge is 0.243 e. The minimum atomic E-state index is -0.0567. The van der Waals surface area contributed by atoms with Crippen molar-refractivity contribution in [2.45, 2.75) is 6.92 Å². The monoisotopic (exact) mass is 269 g/mol. The molecule has 2 aromatic carbocycles. The highest BCUT2D eigenvalue weighted by atomic mass is 16.2. The second kappa shape index (κ2) is 6.10. The summed E-state index contributed by atoms with van der Waals surface area (Å²) < 4.78 is 0. The van der Waals surface area contributed by atoms with E-state index in [0.717, 1.165) is 11.4 Å². The molecule has 20 heavy (non-hydrogen) atoms. The van der Waals surface area contributed by atoms with Gasteiger partial charge in [-0.1, -0.05) is 12.1 Å². The Morgan fingerprint density at radius 2 is 1.90 bits per heavy atom. The van der Waals surface area contributed by atoms with E-state index >= 15 is 0 Å². The number of benzene rings is 2. The van der Waals surface area contributed by atoms with Crippen molar-refractivity contribution in [1.82, 2.24) is 0 Å². The van der Waals surface area contributed by atoms with Crippen LogP contribution in [0, 0.1) is 6.92 Å². The molecule has 0 aliphatic heterocycles. The van der Waals surface area contributed by atoms with Gasteiger partial charge in [0.05, 0.1) is 6.54 Å². The first kappa shape index (κ1) is 13.9. The molecule has 3 N–H and O–H groups in total. The number of anilines is 3. The predicted octanol–water partition coefficient (Wildman–Crippen LogP) is 2.65. The van der Waals surface area contributed by atoms with Gasteiger partial charge in [0.15, 0.2) is 0 Å². The maximum atomic E-state index is 12.0. The molecule has 1 amide bonds. The van der Waals surface area contributed by atoms with E-state index in [2.05, 4.69) is 11.4 Å². The van der Waals surface area contributed by atoms with Crippen molar-refractivity contribution >= 4 is 23.0 Å². The van der Waals surface area contributed by atoms with Gasteiger partial charge in [-0.2, -0.15) is 0 Å². The minimum Gasteiger partial charge on any atom is -0.399 e. The van der Waals surface area contributed by atoms with E-state index in [1.807, 2.05) is 37.1 Å². The standard InChI is InChI=1S/C16H19N3O/c1-12-4-3-5-15(10-12)19(2)11-16(20)18-14-8-6-13(17)7-9-14/h3-10H,11,17H2,1-2H3,(H,18,20). The third kappa shape index (κ3) is 3.75. The van der Waals surface area contributed by atoms with Crippen LogP contribution in [0.4, 0.5) is 17.1 Å². The first-order valence-corrected chi connectivity index (χ1v) is 6.48. The van der Waals surface area contributed by atoms with E-state index in [1.54, 1.807) is 24.3 Å². The lowest BCUT2D eigenvalue weighted by Gasteiger charge is -2.19. The van der Waals surface area contributed by atoms with E-state index < -0.39 is 0 Å². The van der Waals surface area contributed by atoms with Crippen LogP contribution in [-0.2, 0) is 4.79 Å². The lowest BCUT2D eigenvalue weighted by molar-refractivity contribution is -0.114. The fraction of sp³-hybridized carbons (Fsp3) is 0.188. The van der Waals surface area contributed by atoms with Crippen molar-refractivity contribution in [2.24, 2.45) is 0 Å². The van der Waals surface area contributed by atoms with Crippen LogP contribution in [0.5, 0.6) is 0 Å². The lowest BCUT2D eigenvalue weighted by atomic mass is 10.2. The Labute approximate surface area is 119 Å². The molecular weight excluding hydrogens is 250 g/mol. The predicted molar refractivity (Wildman–Crippen MR) is 83.9 cm³/mol. The van der Waals surface area contributed by atoms with Crippen molar-refractivity contribution in [3.63, 3.8) is 0 Å². The first-order valence-electron chi connectivity index (χ1n) is 6.48. The number of nitrogen functional groups attached to an aromatic ring is 1. The maximum Gasteiger partial charge on any atom is 0.243 e. The second-order valence-corrected chi connectivity index (χ2v) is 4.87. The third-order valence-electron chi connectivity index (χ3n) is 3.02. The highest BCUT2D eigenvalue weighted by molar-refractivity contribution is 5.94. The first-order chi connectivity index (χ1) is 9.54. The number of nitrogens with one attached hydrogen (secondary N) is 1. The zero-order valence-corrected chi connectivity index (χ0v) is 11.8. The molecule has 2 aromatic rings. The largest absolute Gasteiger partial charge is 0.399 e. The number of hydrogen-bond acceptors (Lipinski definition) is 3. The number of carbonyl (C=O) groups excluding carboxylic acids is 1. The fourth-order valence-electron chi connectivity index (χ4n) is 1.94. The van der Waals surface area contributed by atoms with Gasteiger partial charge in [-0.15, -0.1) is 0 Å². The van der Waals surface area contributed by atoms with Crippen molar-refractivity contribution in [3.8, 4) is 0 Å². The number of carbonyl (C=O) groups is 1. The zero-order chi connectivity index (χ0) is 14.5. The molecule has 0 saturated carbocycles. The van der Waals surface area contributed by atoms with Crippen LogP contribution < -0.4 is 16.0 Å². The van der Waals surface area contributed by atoms with Gasteiger partial charge in [-0.25, -0.2) is 0 Å². The van der Waals surface area contributed by atoms with Gasteiger partial charge in [0, 0.05) is 24.1 Å². The molecule has 0 spiro atoms. The number of nitrogens with zero attached hydrogens (tertiary/aromatic N) is 1. The summed E-state index contributed by atoms with van der Waals surface area (Å²) in [6.07, 6.45) is 0. The topological polar surface area (TPSA) is 58.4 Å². The summed E-state index contributed by atoms with van der Waals surface area (Å²) in [6.45, 7) is 2.33. The summed E-state index contributed by atoms with van der Waals surface area (Å²) in [5.74, 6) is -0.0567. The SMILES string of the molecule is Cc1cccc(N(C)CC(=O)Nc2ccc(N)cc2)c1. The van der Waals surface area contributed by atoms with E-state index in [-0.39, 0.29) is 5.91 Å². The van der Waals surface area contributed by atoms with Gasteiger partial charge < -0.3 is 16.0 Å². The Morgan fingerprint density at radius 1 is 1.20 bits per heavy atom. The zero-order valence-electron chi connectivity index (χ0n) is 11.8. The quantitative estimate of drug-likeness (QED) is 0.839. The van der Waals surface area contributed by atoms with Gasteiger partial charge in [0.1, 0.15) is 0 Å². The van der Waals surface area contributed by atoms with E-state index in [1.165, 1.54) is 5.56 Å². The molecule has 0 aliphatic carbocycles. The average Bonchev–Trinajstić information content (AvgIpc) is 2.41. The molecule has 104 valence electrons. The average molecular weight is 269 g/mol. The molecule has 0 radical (unpaired) electrons. The van der Waals surface area contributed by atoms with Crippen LogP contribution in [0.25, 0.3) is 0 Å². The van der Waals surface area contributed by atoms with Gasteiger partial charge in [0.25, 0.3) is 0 Å². The van der Waals surface area contributed by atoms with Crippen molar-refractivity contribution < 1.29 is 4.79 Å². The molecular formula is C16H19N3O. The Kier molecular flexibility index (Phi) is 4.25. The van der Waals surface area contributed by atoms with Crippen LogP contribution >= 0.6 is 0 Å². The Balaban J connectivity index is 1.95. The molecule has 0 bridgehead atoms. The summed E-state index contributed by atoms with van der Waals surface area (Å²) in [6, 6.07) is 15.2. The van der Waals surface area contributed by atoms with E-state index in [4.69, 9.17) is 5.73 Å². The Morgan fingerprint density at radius 3 is 2.55 bits per heavy atom. The molecule has 0 saturated heterocycles. The molecule has 0 aliphatic rings. The maximum absolute atomic E-state index is 12.0. The fourth-order valence-corrected chi connectivity index (χ4v) is 1.94. The van der Waals surface area contributed by atoms with Gasteiger partial charge in [0.2, 0.25) is 5.91 Å². The Hall–Kier alpha value is -2.49. The summed E-state index contributed by atoms with van der Waals surface area (Å²) >= 11 is 0. The third-order valence-corrected chi connectivity index (χ3v) is 3.02. The van der Waals surface area contributed by atoms with Crippen molar-refractivity contribution in [1.29, 1.82) is 0 Å². The summed E-state index contributed by atoms with van der Waals surface area (Å²) in [5.41, 5.74) is 9.24. The molecule has 2 rings (SSSR count). The van der Waals surface area contributed by atoms with Gasteiger partial charge in [-0.3, -0.25) is 4.79 Å². The molecule has 0 unspecified atom stereocenters. The second-order valence-electron chi connectivity index (χ2n) is 4.87. The number of rotatable bonds is 4. The Bertz CT molecular complexity index is 593. The number of aryl methyl sites for hydroxylation is 1. The number of likely N-dealkylation sites (N-methyl/N-ethyl adjacent to an activating group) is 1. The molecule has 0 aromatic heterocycles. The molecule has 4 nitrogen and oxygen atoms in total. The van der Waals surface area contributed by atoms with Crippen LogP contribution in [0.1, 0.15) is 5.56 Å². The lowest BCUT2D eigenvalue weighted by Crippen LogP contribution is -2.30. The van der Waals surface area contributed by atoms with Crippen molar-refractivity contribution in [2.75, 3.05) is 29.5 Å². The molecule has 0 atom stereocenters. The normalized spacial score (nSPS) is 10.1. The summed E-state index contributed by atoms with van der Waals surface area (Å²) in [4.78, 5) is 13.9. The summed E-state index contributed by atoms with van der Waals surface area (Å²) in [7, 11) is 1.90. The van der Waals surface area contributed by atoms with E-state index in [9.17, 15) is 4.79 Å². The molecule has 4 heteroatoms.